The molecule has 1 aromatic heterocycles. The van der Waals surface area contributed by atoms with Crippen molar-refractivity contribution >= 4 is 5.82 Å². The molecular weight excluding hydrogens is 252 g/mol. The van der Waals surface area contributed by atoms with Crippen molar-refractivity contribution in [1.82, 2.24) is 9.97 Å². The zero-order chi connectivity index (χ0) is 13.9. The molecule has 3 rings (SSSR count). The molecule has 0 radical (unpaired) electrons. The minimum absolute atomic E-state index is 0.00102. The lowest BCUT2D eigenvalue weighted by Gasteiger charge is -2.28. The summed E-state index contributed by atoms with van der Waals surface area (Å²) in [6, 6.07) is 1.97. The van der Waals surface area contributed by atoms with E-state index in [9.17, 15) is 0 Å². The Bertz CT molecular complexity index is 455. The summed E-state index contributed by atoms with van der Waals surface area (Å²) in [6.45, 7) is 0. The first kappa shape index (κ1) is 13.8. The molecule has 2 aliphatic rings. The number of nitrogen functional groups attached to an aromatic ring is 1. The van der Waals surface area contributed by atoms with Gasteiger partial charge in [-0.15, -0.1) is 0 Å². The lowest BCUT2D eigenvalue weighted by Crippen LogP contribution is -2.21. The van der Waals surface area contributed by atoms with Gasteiger partial charge < -0.3 is 10.2 Å². The summed E-state index contributed by atoms with van der Waals surface area (Å²) in [4.78, 5) is 9.29. The molecule has 3 N–H and O–H groups in total. The van der Waals surface area contributed by atoms with Gasteiger partial charge in [-0.2, -0.15) is 0 Å². The Morgan fingerprint density at radius 1 is 1.20 bits per heavy atom. The molecule has 1 atom stereocenters. The molecule has 0 bridgehead atoms. The molecular formula is C15H24N4O. The number of hydrogen-bond donors (Lipinski definition) is 2. The van der Waals surface area contributed by atoms with Crippen molar-refractivity contribution in [3.05, 3.63) is 17.6 Å². The molecule has 0 saturated heterocycles. The van der Waals surface area contributed by atoms with Gasteiger partial charge in [-0.1, -0.05) is 19.3 Å². The van der Waals surface area contributed by atoms with Crippen molar-refractivity contribution < 1.29 is 4.74 Å². The fraction of sp³-hybridized carbons (Fsp3) is 0.733. The van der Waals surface area contributed by atoms with Crippen LogP contribution in [0.2, 0.25) is 0 Å². The topological polar surface area (TPSA) is 73.1 Å². The van der Waals surface area contributed by atoms with E-state index >= 15 is 0 Å². The Morgan fingerprint density at radius 3 is 2.55 bits per heavy atom. The van der Waals surface area contributed by atoms with Crippen molar-refractivity contribution in [2.45, 2.75) is 57.0 Å². The van der Waals surface area contributed by atoms with Gasteiger partial charge in [0, 0.05) is 24.8 Å². The second-order valence-corrected chi connectivity index (χ2v) is 6.01. The minimum Gasteiger partial charge on any atom is -0.373 e. The van der Waals surface area contributed by atoms with Gasteiger partial charge in [-0.25, -0.2) is 15.8 Å². The normalized spacial score (nSPS) is 21.7. The molecule has 2 aliphatic carbocycles. The van der Waals surface area contributed by atoms with Gasteiger partial charge >= 0.3 is 0 Å². The monoisotopic (exact) mass is 276 g/mol. The summed E-state index contributed by atoms with van der Waals surface area (Å²) < 4.78 is 5.74. The van der Waals surface area contributed by atoms with Crippen LogP contribution in [0, 0.1) is 5.92 Å². The van der Waals surface area contributed by atoms with Crippen LogP contribution in [0.15, 0.2) is 6.07 Å². The second kappa shape index (κ2) is 6.06. The summed E-state index contributed by atoms with van der Waals surface area (Å²) in [7, 11) is 1.77. The van der Waals surface area contributed by atoms with Crippen molar-refractivity contribution in [2.24, 2.45) is 11.8 Å². The molecule has 0 amide bonds. The van der Waals surface area contributed by atoms with Gasteiger partial charge in [0.2, 0.25) is 0 Å². The van der Waals surface area contributed by atoms with Crippen LogP contribution in [0.1, 0.15) is 68.5 Å². The molecule has 110 valence electrons. The van der Waals surface area contributed by atoms with Crippen molar-refractivity contribution in [3.63, 3.8) is 0 Å². The first-order valence-corrected chi connectivity index (χ1v) is 7.70. The molecule has 2 saturated carbocycles. The van der Waals surface area contributed by atoms with Gasteiger partial charge in [0.25, 0.3) is 0 Å². The molecule has 5 nitrogen and oxygen atoms in total. The molecule has 0 aromatic carbocycles. The number of rotatable bonds is 5. The number of ether oxygens (including phenoxy) is 1. The lowest BCUT2D eigenvalue weighted by molar-refractivity contribution is 0.0288. The number of nitrogens with one attached hydrogen (secondary N) is 1. The summed E-state index contributed by atoms with van der Waals surface area (Å²) in [5, 5.41) is 0. The first-order valence-electron chi connectivity index (χ1n) is 7.70. The molecule has 1 unspecified atom stereocenters. The average Bonchev–Trinajstić information content (AvgIpc) is 3.33. The third-order valence-corrected chi connectivity index (χ3v) is 4.49. The van der Waals surface area contributed by atoms with E-state index in [0.29, 0.717) is 17.7 Å². The highest BCUT2D eigenvalue weighted by Gasteiger charge is 2.30. The van der Waals surface area contributed by atoms with E-state index < -0.39 is 0 Å². The number of hydrogen-bond acceptors (Lipinski definition) is 5. The van der Waals surface area contributed by atoms with Crippen LogP contribution in [-0.4, -0.2) is 17.1 Å². The van der Waals surface area contributed by atoms with Crippen LogP contribution in [0.4, 0.5) is 5.82 Å². The van der Waals surface area contributed by atoms with Gasteiger partial charge in [-0.05, 0) is 31.6 Å². The number of aromatic nitrogens is 2. The van der Waals surface area contributed by atoms with Crippen LogP contribution < -0.4 is 11.3 Å². The SMILES string of the molecule is COC(c1nc(NN)cc(C2CC2)n1)C1CCCCC1. The molecule has 0 aliphatic heterocycles. The highest BCUT2D eigenvalue weighted by Crippen LogP contribution is 2.41. The Kier molecular flexibility index (Phi) is 4.17. The van der Waals surface area contributed by atoms with Crippen molar-refractivity contribution in [2.75, 3.05) is 12.5 Å². The van der Waals surface area contributed by atoms with E-state index in [-0.39, 0.29) is 6.10 Å². The van der Waals surface area contributed by atoms with E-state index in [4.69, 9.17) is 15.6 Å². The standard InChI is InChI=1S/C15H24N4O/c1-20-14(11-5-3-2-4-6-11)15-17-12(10-7-8-10)9-13(18-15)19-16/h9-11,14H,2-8,16H2,1H3,(H,17,18,19). The minimum atomic E-state index is 0.00102. The molecule has 1 aromatic rings. The van der Waals surface area contributed by atoms with Crippen molar-refractivity contribution in [1.29, 1.82) is 0 Å². The number of nitrogens with zero attached hydrogens (tertiary/aromatic N) is 2. The van der Waals surface area contributed by atoms with E-state index in [0.717, 1.165) is 11.5 Å². The Labute approximate surface area is 120 Å². The van der Waals surface area contributed by atoms with Crippen LogP contribution in [0.5, 0.6) is 0 Å². The number of anilines is 1. The predicted molar refractivity (Wildman–Crippen MR) is 78.1 cm³/mol. The Hall–Kier alpha value is -1.20. The summed E-state index contributed by atoms with van der Waals surface area (Å²) >= 11 is 0. The largest absolute Gasteiger partial charge is 0.373 e. The summed E-state index contributed by atoms with van der Waals surface area (Å²) in [6.07, 6.45) is 8.78. The maximum Gasteiger partial charge on any atom is 0.160 e. The second-order valence-electron chi connectivity index (χ2n) is 6.01. The van der Waals surface area contributed by atoms with Gasteiger partial charge in [0.15, 0.2) is 5.82 Å². The Morgan fingerprint density at radius 2 is 1.95 bits per heavy atom. The maximum absolute atomic E-state index is 5.74. The van der Waals surface area contributed by atoms with Gasteiger partial charge in [0.05, 0.1) is 0 Å². The summed E-state index contributed by atoms with van der Waals surface area (Å²) in [5.74, 6) is 8.18. The smallest absolute Gasteiger partial charge is 0.160 e. The van der Waals surface area contributed by atoms with E-state index in [1.165, 1.54) is 44.9 Å². The van der Waals surface area contributed by atoms with E-state index in [1.807, 2.05) is 6.07 Å². The maximum atomic E-state index is 5.74. The van der Waals surface area contributed by atoms with E-state index in [2.05, 4.69) is 10.4 Å². The Balaban J connectivity index is 1.87. The van der Waals surface area contributed by atoms with Crippen LogP contribution in [-0.2, 0) is 4.74 Å². The average molecular weight is 276 g/mol. The summed E-state index contributed by atoms with van der Waals surface area (Å²) in [5.41, 5.74) is 3.78. The van der Waals surface area contributed by atoms with Crippen LogP contribution >= 0.6 is 0 Å². The van der Waals surface area contributed by atoms with Crippen molar-refractivity contribution in [3.8, 4) is 0 Å². The number of nitrogens with two attached hydrogens (primary N) is 1. The molecule has 5 heteroatoms. The lowest BCUT2D eigenvalue weighted by atomic mass is 9.85. The highest BCUT2D eigenvalue weighted by atomic mass is 16.5. The van der Waals surface area contributed by atoms with Crippen LogP contribution in [0.3, 0.4) is 0 Å². The molecule has 0 spiro atoms. The van der Waals surface area contributed by atoms with Crippen LogP contribution in [0.25, 0.3) is 0 Å². The zero-order valence-corrected chi connectivity index (χ0v) is 12.1. The number of hydrazine groups is 1. The molecule has 2 fully saturated rings. The third kappa shape index (κ3) is 2.94. The van der Waals surface area contributed by atoms with Gasteiger partial charge in [-0.3, -0.25) is 0 Å². The van der Waals surface area contributed by atoms with Gasteiger partial charge in [0.1, 0.15) is 11.9 Å². The predicted octanol–water partition coefficient (Wildman–Crippen LogP) is 2.91. The fourth-order valence-electron chi connectivity index (χ4n) is 3.22. The molecule has 20 heavy (non-hydrogen) atoms. The van der Waals surface area contributed by atoms with E-state index in [1.54, 1.807) is 7.11 Å². The fourth-order valence-corrected chi connectivity index (χ4v) is 3.22. The zero-order valence-electron chi connectivity index (χ0n) is 12.1. The first-order chi connectivity index (χ1) is 9.81. The third-order valence-electron chi connectivity index (χ3n) is 4.49. The highest BCUT2D eigenvalue weighted by molar-refractivity contribution is 5.37. The molecule has 1 heterocycles. The quantitative estimate of drug-likeness (QED) is 0.639. The number of methoxy groups -OCH3 is 1.